The summed E-state index contributed by atoms with van der Waals surface area (Å²) in [6.07, 6.45) is 1.23. The summed E-state index contributed by atoms with van der Waals surface area (Å²) in [4.78, 5) is 15.6. The molecule has 0 spiro atoms. The lowest BCUT2D eigenvalue weighted by Gasteiger charge is -2.19. The summed E-state index contributed by atoms with van der Waals surface area (Å²) in [5.41, 5.74) is 1.07. The fourth-order valence-electron chi connectivity index (χ4n) is 1.05. The molecule has 16 heavy (non-hydrogen) atoms. The Hall–Kier alpha value is -1.10. The number of rotatable bonds is 1. The van der Waals surface area contributed by atoms with Gasteiger partial charge in [0, 0.05) is 6.20 Å². The first-order chi connectivity index (χ1) is 7.28. The van der Waals surface area contributed by atoms with Crippen molar-refractivity contribution in [2.24, 2.45) is 0 Å². The molecular weight excluding hydrogens is 272 g/mol. The highest BCUT2D eigenvalue weighted by Crippen LogP contribution is 2.21. The molecule has 1 aromatic rings. The van der Waals surface area contributed by atoms with Crippen LogP contribution >= 0.6 is 15.9 Å². The molecule has 1 rings (SSSR count). The third-order valence-corrected chi connectivity index (χ3v) is 2.24. The number of amides is 1. The van der Waals surface area contributed by atoms with Crippen molar-refractivity contribution in [3.05, 3.63) is 22.4 Å². The number of aryl methyl sites for hydroxylation is 1. The normalized spacial score (nSPS) is 11.1. The third kappa shape index (κ3) is 4.18. The number of hydrogen-bond acceptors (Lipinski definition) is 3. The van der Waals surface area contributed by atoms with E-state index in [2.05, 4.69) is 26.2 Å². The van der Waals surface area contributed by atoms with E-state index in [4.69, 9.17) is 4.74 Å². The minimum absolute atomic E-state index is 0.486. The average molecular weight is 287 g/mol. The molecule has 0 bridgehead atoms. The number of hydrogen-bond donors (Lipinski definition) is 1. The number of nitrogens with zero attached hydrogens (tertiary/aromatic N) is 1. The number of pyridine rings is 1. The van der Waals surface area contributed by atoms with Gasteiger partial charge in [-0.1, -0.05) is 0 Å². The van der Waals surface area contributed by atoms with Crippen LogP contribution in [-0.4, -0.2) is 16.7 Å². The second-order valence-electron chi connectivity index (χ2n) is 4.48. The van der Waals surface area contributed by atoms with Crippen LogP contribution in [-0.2, 0) is 4.74 Å². The van der Waals surface area contributed by atoms with E-state index >= 15 is 0 Å². The second-order valence-corrected chi connectivity index (χ2v) is 5.23. The minimum atomic E-state index is -0.506. The van der Waals surface area contributed by atoms with E-state index in [1.54, 1.807) is 6.20 Å². The molecule has 0 aromatic carbocycles. The van der Waals surface area contributed by atoms with Crippen LogP contribution in [0.15, 0.2) is 16.9 Å². The summed E-state index contributed by atoms with van der Waals surface area (Å²) in [5.74, 6) is 0. The van der Waals surface area contributed by atoms with Gasteiger partial charge < -0.3 is 4.74 Å². The topological polar surface area (TPSA) is 51.2 Å². The molecule has 1 heterocycles. The van der Waals surface area contributed by atoms with Gasteiger partial charge >= 0.3 is 6.09 Å². The maximum atomic E-state index is 11.5. The Morgan fingerprint density at radius 1 is 1.50 bits per heavy atom. The van der Waals surface area contributed by atoms with Gasteiger partial charge in [0.05, 0.1) is 5.69 Å². The Kier molecular flexibility index (Phi) is 3.91. The van der Waals surface area contributed by atoms with E-state index in [9.17, 15) is 4.79 Å². The number of carbonyl (C=O) groups excluding carboxylic acids is 1. The lowest BCUT2D eigenvalue weighted by Crippen LogP contribution is -2.27. The van der Waals surface area contributed by atoms with Gasteiger partial charge in [0.15, 0.2) is 0 Å². The van der Waals surface area contributed by atoms with E-state index in [0.717, 1.165) is 5.56 Å². The number of nitrogens with one attached hydrogen (secondary N) is 1. The van der Waals surface area contributed by atoms with Crippen molar-refractivity contribution in [2.45, 2.75) is 33.3 Å². The number of anilines is 1. The van der Waals surface area contributed by atoms with Crippen molar-refractivity contribution < 1.29 is 9.53 Å². The van der Waals surface area contributed by atoms with Crippen LogP contribution < -0.4 is 5.32 Å². The van der Waals surface area contributed by atoms with Gasteiger partial charge in [-0.2, -0.15) is 0 Å². The zero-order valence-electron chi connectivity index (χ0n) is 9.80. The molecule has 0 radical (unpaired) electrons. The Morgan fingerprint density at radius 2 is 2.12 bits per heavy atom. The van der Waals surface area contributed by atoms with E-state index in [0.29, 0.717) is 10.3 Å². The molecular formula is C11H15BrN2O2. The van der Waals surface area contributed by atoms with Crippen LogP contribution in [0, 0.1) is 6.92 Å². The molecule has 5 heteroatoms. The van der Waals surface area contributed by atoms with E-state index in [-0.39, 0.29) is 0 Å². The SMILES string of the molecule is Cc1cnc(Br)c(NC(=O)OC(C)(C)C)c1. The van der Waals surface area contributed by atoms with Crippen molar-refractivity contribution in [3.8, 4) is 0 Å². The van der Waals surface area contributed by atoms with E-state index in [1.165, 1.54) is 0 Å². The molecule has 88 valence electrons. The monoisotopic (exact) mass is 286 g/mol. The molecule has 0 saturated heterocycles. The third-order valence-electron chi connectivity index (χ3n) is 1.61. The summed E-state index contributed by atoms with van der Waals surface area (Å²) in [6, 6.07) is 1.82. The minimum Gasteiger partial charge on any atom is -0.444 e. The highest BCUT2D eigenvalue weighted by atomic mass is 79.9. The average Bonchev–Trinajstić information content (AvgIpc) is 2.08. The van der Waals surface area contributed by atoms with Crippen molar-refractivity contribution in [1.29, 1.82) is 0 Å². The maximum Gasteiger partial charge on any atom is 0.412 e. The number of aromatic nitrogens is 1. The highest BCUT2D eigenvalue weighted by molar-refractivity contribution is 9.10. The molecule has 0 atom stereocenters. The lowest BCUT2D eigenvalue weighted by molar-refractivity contribution is 0.0636. The fourth-order valence-corrected chi connectivity index (χ4v) is 1.37. The van der Waals surface area contributed by atoms with Crippen molar-refractivity contribution in [1.82, 2.24) is 4.98 Å². The highest BCUT2D eigenvalue weighted by Gasteiger charge is 2.17. The zero-order chi connectivity index (χ0) is 12.3. The smallest absolute Gasteiger partial charge is 0.412 e. The zero-order valence-corrected chi connectivity index (χ0v) is 11.4. The van der Waals surface area contributed by atoms with Crippen LogP contribution in [0.25, 0.3) is 0 Å². The molecule has 0 unspecified atom stereocenters. The van der Waals surface area contributed by atoms with E-state index < -0.39 is 11.7 Å². The molecule has 1 amide bonds. The van der Waals surface area contributed by atoms with Gasteiger partial charge in [-0.15, -0.1) is 0 Å². The maximum absolute atomic E-state index is 11.5. The first-order valence-corrected chi connectivity index (χ1v) is 5.69. The fraction of sp³-hybridized carbons (Fsp3) is 0.455. The predicted octanol–water partition coefficient (Wildman–Crippen LogP) is 3.50. The van der Waals surface area contributed by atoms with Gasteiger partial charge in [-0.3, -0.25) is 5.32 Å². The van der Waals surface area contributed by atoms with E-state index in [1.807, 2.05) is 33.8 Å². The van der Waals surface area contributed by atoms with Gasteiger partial charge in [0.1, 0.15) is 10.2 Å². The molecule has 1 N–H and O–H groups in total. The van der Waals surface area contributed by atoms with Crippen molar-refractivity contribution in [3.63, 3.8) is 0 Å². The van der Waals surface area contributed by atoms with Crippen LogP contribution in [0.1, 0.15) is 26.3 Å². The number of halogens is 1. The van der Waals surface area contributed by atoms with Crippen LogP contribution in [0.2, 0.25) is 0 Å². The number of ether oxygens (including phenoxy) is 1. The Balaban J connectivity index is 2.73. The summed E-state index contributed by atoms with van der Waals surface area (Å²) in [6.45, 7) is 7.35. The Morgan fingerprint density at radius 3 is 2.69 bits per heavy atom. The quantitative estimate of drug-likeness (QED) is 0.804. The van der Waals surface area contributed by atoms with Crippen LogP contribution in [0.4, 0.5) is 10.5 Å². The van der Waals surface area contributed by atoms with Gasteiger partial charge in [0.25, 0.3) is 0 Å². The molecule has 0 fully saturated rings. The Bertz CT molecular complexity index is 399. The summed E-state index contributed by atoms with van der Waals surface area (Å²) < 4.78 is 5.72. The largest absolute Gasteiger partial charge is 0.444 e. The predicted molar refractivity (Wildman–Crippen MR) is 66.5 cm³/mol. The van der Waals surface area contributed by atoms with Gasteiger partial charge in [-0.25, -0.2) is 9.78 Å². The molecule has 0 saturated carbocycles. The molecule has 1 aromatic heterocycles. The van der Waals surface area contributed by atoms with Gasteiger partial charge in [-0.05, 0) is 55.3 Å². The summed E-state index contributed by atoms with van der Waals surface area (Å²) in [7, 11) is 0. The second kappa shape index (κ2) is 4.82. The lowest BCUT2D eigenvalue weighted by atomic mass is 10.2. The molecule has 0 aliphatic rings. The molecule has 4 nitrogen and oxygen atoms in total. The first kappa shape index (κ1) is 13.0. The van der Waals surface area contributed by atoms with Gasteiger partial charge in [0.2, 0.25) is 0 Å². The molecule has 0 aliphatic carbocycles. The first-order valence-electron chi connectivity index (χ1n) is 4.90. The summed E-state index contributed by atoms with van der Waals surface area (Å²) in [5, 5.41) is 2.64. The van der Waals surface area contributed by atoms with Crippen LogP contribution in [0.5, 0.6) is 0 Å². The summed E-state index contributed by atoms with van der Waals surface area (Å²) >= 11 is 3.26. The van der Waals surface area contributed by atoms with Crippen molar-refractivity contribution in [2.75, 3.05) is 5.32 Å². The van der Waals surface area contributed by atoms with Crippen molar-refractivity contribution >= 4 is 27.7 Å². The standard InChI is InChI=1S/C11H15BrN2O2/c1-7-5-8(9(12)13-6-7)14-10(15)16-11(2,3)4/h5-6H,1-4H3,(H,14,15). The number of carbonyl (C=O) groups is 1. The Labute approximate surface area is 104 Å². The molecule has 0 aliphatic heterocycles. The van der Waals surface area contributed by atoms with Crippen LogP contribution in [0.3, 0.4) is 0 Å².